The fourth-order valence-electron chi connectivity index (χ4n) is 6.95. The molecule has 0 bridgehead atoms. The largest absolute Gasteiger partial charge is 0.483 e. The average molecular weight is 657 g/mol. The topological polar surface area (TPSA) is 84.4 Å². The highest BCUT2D eigenvalue weighted by atomic mass is 19.4. The second kappa shape index (κ2) is 13.1. The molecule has 14 heteroatoms. The van der Waals surface area contributed by atoms with Crippen molar-refractivity contribution in [2.24, 2.45) is 5.41 Å². The lowest BCUT2D eigenvalue weighted by atomic mass is 9.75. The highest BCUT2D eigenvalue weighted by Crippen LogP contribution is 2.50. The Hall–Kier alpha value is -3.81. The number of alkyl halides is 6. The maximum absolute atomic E-state index is 14.1. The van der Waals surface area contributed by atoms with Crippen LogP contribution in [0.25, 0.3) is 0 Å². The Labute approximate surface area is 263 Å². The fraction of sp³-hybridized carbons (Fsp3) is 0.531. The molecule has 5 rings (SSSR count). The number of fused-ring (bicyclic) bond motifs is 1. The number of carbonyl (C=O) groups is 3. The standard InChI is InChI=1S/C31H36F6N4O2.CH2O2/c1-19-7-5-6-8-24(19)26-25-18-29(9-11-38(3)12-10-29)27(42)40(25)13-14-41(26)28(43)39(4)20(2)21-15-22(30(32,33)34)17-23(16-21)31(35,36)37;2-1-3/h5-8,15-17,20,25-26H,9-14,18H2,1-4H3;1H,(H,2,3)/t20-,25+,26+;/m1./s1. The number of carbonyl (C=O) groups excluding carboxylic acids is 2. The minimum absolute atomic E-state index is 0.0848. The number of piperazine rings is 1. The lowest BCUT2D eigenvalue weighted by Crippen LogP contribution is -2.57. The summed E-state index contributed by atoms with van der Waals surface area (Å²) >= 11 is 0. The third-order valence-corrected chi connectivity index (χ3v) is 9.67. The molecule has 3 amide bonds. The Kier molecular flexibility index (Phi) is 10.0. The van der Waals surface area contributed by atoms with E-state index in [0.717, 1.165) is 37.1 Å². The minimum Gasteiger partial charge on any atom is -0.483 e. The Morgan fingerprint density at radius 1 is 1.00 bits per heavy atom. The number of carboxylic acid groups (broad SMARTS) is 1. The molecule has 1 N–H and O–H groups in total. The molecule has 3 saturated heterocycles. The number of halogens is 6. The number of amides is 3. The summed E-state index contributed by atoms with van der Waals surface area (Å²) in [4.78, 5) is 43.2. The van der Waals surface area contributed by atoms with Crippen LogP contribution in [-0.2, 0) is 21.9 Å². The Morgan fingerprint density at radius 3 is 2.07 bits per heavy atom. The van der Waals surface area contributed by atoms with Crippen molar-refractivity contribution in [3.05, 3.63) is 70.3 Å². The van der Waals surface area contributed by atoms with Crippen LogP contribution in [0.2, 0.25) is 0 Å². The molecule has 0 aromatic heterocycles. The van der Waals surface area contributed by atoms with Crippen LogP contribution in [0, 0.1) is 12.3 Å². The van der Waals surface area contributed by atoms with E-state index < -0.39 is 47.0 Å². The molecule has 3 aliphatic heterocycles. The molecule has 8 nitrogen and oxygen atoms in total. The first-order valence-electron chi connectivity index (χ1n) is 14.9. The van der Waals surface area contributed by atoms with Crippen molar-refractivity contribution in [2.75, 3.05) is 40.3 Å². The highest BCUT2D eigenvalue weighted by molar-refractivity contribution is 5.86. The first kappa shape index (κ1) is 35.1. The maximum atomic E-state index is 14.1. The van der Waals surface area contributed by atoms with Gasteiger partial charge in [-0.15, -0.1) is 0 Å². The van der Waals surface area contributed by atoms with Crippen molar-refractivity contribution in [1.29, 1.82) is 0 Å². The van der Waals surface area contributed by atoms with Crippen LogP contribution in [0.3, 0.4) is 0 Å². The van der Waals surface area contributed by atoms with E-state index in [1.54, 1.807) is 4.90 Å². The number of aryl methyl sites for hydroxylation is 1. The summed E-state index contributed by atoms with van der Waals surface area (Å²) in [5, 5.41) is 6.89. The average Bonchev–Trinajstić information content (AvgIpc) is 3.27. The number of urea groups is 1. The van der Waals surface area contributed by atoms with Gasteiger partial charge in [0.05, 0.1) is 34.7 Å². The number of hydrogen-bond acceptors (Lipinski definition) is 4. The molecule has 3 fully saturated rings. The van der Waals surface area contributed by atoms with E-state index in [2.05, 4.69) is 4.90 Å². The van der Waals surface area contributed by atoms with Crippen molar-refractivity contribution >= 4 is 18.4 Å². The van der Waals surface area contributed by atoms with Gasteiger partial charge in [0, 0.05) is 20.1 Å². The summed E-state index contributed by atoms with van der Waals surface area (Å²) in [6.45, 7) is 5.16. The van der Waals surface area contributed by atoms with Crippen LogP contribution < -0.4 is 0 Å². The normalized spacial score (nSPS) is 22.2. The van der Waals surface area contributed by atoms with Gasteiger partial charge in [0.25, 0.3) is 6.47 Å². The number of nitrogens with zero attached hydrogens (tertiary/aromatic N) is 4. The highest BCUT2D eigenvalue weighted by Gasteiger charge is 2.57. The monoisotopic (exact) mass is 656 g/mol. The van der Waals surface area contributed by atoms with Gasteiger partial charge in [-0.2, -0.15) is 26.3 Å². The van der Waals surface area contributed by atoms with Crippen molar-refractivity contribution in [1.82, 2.24) is 19.6 Å². The van der Waals surface area contributed by atoms with Crippen molar-refractivity contribution < 1.29 is 45.8 Å². The first-order chi connectivity index (χ1) is 21.4. The van der Waals surface area contributed by atoms with E-state index in [1.807, 2.05) is 43.1 Å². The summed E-state index contributed by atoms with van der Waals surface area (Å²) in [7, 11) is 3.41. The van der Waals surface area contributed by atoms with E-state index in [-0.39, 0.29) is 36.6 Å². The molecule has 46 heavy (non-hydrogen) atoms. The Balaban J connectivity index is 0.00000154. The van der Waals surface area contributed by atoms with Crippen LogP contribution in [0.5, 0.6) is 0 Å². The van der Waals surface area contributed by atoms with Gasteiger partial charge in [-0.05, 0) is 88.1 Å². The summed E-state index contributed by atoms with van der Waals surface area (Å²) in [5.74, 6) is 0.0988. The molecule has 0 radical (unpaired) electrons. The SMILES string of the molecule is Cc1ccccc1[C@H]1[C@@H]2CC3(CCN(C)CC3)C(=O)N2CCN1C(=O)N(C)[C@H](C)c1cc(C(F)(F)F)cc(C(F)(F)F)c1.O=CO. The molecule has 2 aromatic rings. The predicted octanol–water partition coefficient (Wildman–Crippen LogP) is 6.22. The van der Waals surface area contributed by atoms with E-state index in [0.29, 0.717) is 25.1 Å². The van der Waals surface area contributed by atoms with Crippen molar-refractivity contribution in [2.45, 2.75) is 63.6 Å². The minimum atomic E-state index is -5.00. The van der Waals surface area contributed by atoms with Gasteiger partial charge in [0.15, 0.2) is 0 Å². The number of benzene rings is 2. The zero-order valence-corrected chi connectivity index (χ0v) is 26.0. The lowest BCUT2D eigenvalue weighted by molar-refractivity contribution is -0.143. The Bertz CT molecular complexity index is 1410. The van der Waals surface area contributed by atoms with E-state index in [9.17, 15) is 35.9 Å². The van der Waals surface area contributed by atoms with Crippen LogP contribution in [0.4, 0.5) is 31.1 Å². The van der Waals surface area contributed by atoms with Crippen molar-refractivity contribution in [3.8, 4) is 0 Å². The number of likely N-dealkylation sites (tertiary alicyclic amines) is 1. The van der Waals surface area contributed by atoms with Gasteiger partial charge in [0.2, 0.25) is 5.91 Å². The maximum Gasteiger partial charge on any atom is 0.416 e. The van der Waals surface area contributed by atoms with E-state index >= 15 is 0 Å². The summed E-state index contributed by atoms with van der Waals surface area (Å²) in [5.41, 5.74) is -1.85. The predicted molar refractivity (Wildman–Crippen MR) is 157 cm³/mol. The third kappa shape index (κ3) is 6.81. The second-order valence-electron chi connectivity index (χ2n) is 12.4. The molecule has 3 heterocycles. The molecule has 0 aliphatic carbocycles. The molecule has 3 aliphatic rings. The van der Waals surface area contributed by atoms with Gasteiger partial charge in [-0.3, -0.25) is 9.59 Å². The Morgan fingerprint density at radius 2 is 1.54 bits per heavy atom. The molecule has 2 aromatic carbocycles. The van der Waals surface area contributed by atoms with Crippen molar-refractivity contribution in [3.63, 3.8) is 0 Å². The number of hydrogen-bond donors (Lipinski definition) is 1. The zero-order valence-electron chi connectivity index (χ0n) is 26.0. The van der Waals surface area contributed by atoms with E-state index in [4.69, 9.17) is 9.90 Å². The summed E-state index contributed by atoms with van der Waals surface area (Å²) in [6.07, 6.45) is -7.98. The molecule has 0 saturated carbocycles. The molecule has 0 unspecified atom stereocenters. The van der Waals surface area contributed by atoms with Gasteiger partial charge >= 0.3 is 18.4 Å². The van der Waals surface area contributed by atoms with Crippen LogP contribution >= 0.6 is 0 Å². The van der Waals surface area contributed by atoms with Gasteiger partial charge in [-0.1, -0.05) is 24.3 Å². The fourth-order valence-corrected chi connectivity index (χ4v) is 6.95. The van der Waals surface area contributed by atoms with Gasteiger partial charge < -0.3 is 24.7 Å². The zero-order chi connectivity index (χ0) is 34.2. The third-order valence-electron chi connectivity index (χ3n) is 9.67. The number of piperidine rings is 1. The molecule has 1 spiro atoms. The van der Waals surface area contributed by atoms with Gasteiger partial charge in [0.1, 0.15) is 0 Å². The van der Waals surface area contributed by atoms with Crippen LogP contribution in [-0.4, -0.2) is 89.4 Å². The van der Waals surface area contributed by atoms with E-state index in [1.165, 1.54) is 18.9 Å². The smallest absolute Gasteiger partial charge is 0.416 e. The second-order valence-corrected chi connectivity index (χ2v) is 12.4. The molecule has 252 valence electrons. The quantitative estimate of drug-likeness (QED) is 0.314. The lowest BCUT2D eigenvalue weighted by Gasteiger charge is -2.47. The first-order valence-corrected chi connectivity index (χ1v) is 14.9. The van der Waals surface area contributed by atoms with Crippen LogP contribution in [0.15, 0.2) is 42.5 Å². The molecular formula is C32H38F6N4O4. The van der Waals surface area contributed by atoms with Gasteiger partial charge in [-0.25, -0.2) is 4.79 Å². The van der Waals surface area contributed by atoms with Crippen LogP contribution in [0.1, 0.15) is 66.1 Å². The summed E-state index contributed by atoms with van der Waals surface area (Å²) in [6, 6.07) is 6.55. The molecular weight excluding hydrogens is 618 g/mol. The number of rotatable bonds is 3. The summed E-state index contributed by atoms with van der Waals surface area (Å²) < 4.78 is 81.4. The molecule has 3 atom stereocenters.